The van der Waals surface area contributed by atoms with Gasteiger partial charge in [0.15, 0.2) is 11.6 Å². The largest absolute Gasteiger partial charge is 0.496 e. The highest BCUT2D eigenvalue weighted by atomic mass is 19.2. The molecule has 1 heterocycles. The smallest absolute Gasteiger partial charge is 0.159 e. The van der Waals surface area contributed by atoms with Crippen LogP contribution in [0.4, 0.5) is 8.78 Å². The highest BCUT2D eigenvalue weighted by Gasteiger charge is 2.36. The topological polar surface area (TPSA) is 52.9 Å². The molecule has 1 aliphatic heterocycles. The number of piperidine rings is 1. The van der Waals surface area contributed by atoms with Gasteiger partial charge in [-0.05, 0) is 36.6 Å². The molecule has 1 aliphatic rings. The summed E-state index contributed by atoms with van der Waals surface area (Å²) in [5.41, 5.74) is 0.133. The van der Waals surface area contributed by atoms with Crippen molar-refractivity contribution in [1.29, 1.82) is 0 Å². The van der Waals surface area contributed by atoms with Gasteiger partial charge in [0, 0.05) is 25.2 Å². The van der Waals surface area contributed by atoms with Crippen molar-refractivity contribution in [2.24, 2.45) is 0 Å². The van der Waals surface area contributed by atoms with E-state index in [1.54, 1.807) is 7.11 Å². The summed E-state index contributed by atoms with van der Waals surface area (Å²) in [5.74, 6) is -1.24. The lowest BCUT2D eigenvalue weighted by atomic mass is 9.83. The van der Waals surface area contributed by atoms with E-state index in [-0.39, 0.29) is 0 Å². The Kier molecular flexibility index (Phi) is 5.55. The van der Waals surface area contributed by atoms with Gasteiger partial charge in [-0.3, -0.25) is 0 Å². The zero-order valence-electron chi connectivity index (χ0n) is 14.7. The standard InChI is InChI=1S/C20H23F2NO3/c1-26-19-5-3-2-4-15(19)20(25)8-10-23(11-9-20)13-18(24)14-6-7-16(21)17(22)12-14/h2-7,12,18,24-25H,8-11,13H2,1H3/t18-/m1/s1. The Morgan fingerprint density at radius 1 is 1.12 bits per heavy atom. The molecular formula is C20H23F2NO3. The molecule has 3 rings (SSSR count). The minimum atomic E-state index is -0.976. The molecule has 1 atom stereocenters. The Morgan fingerprint density at radius 2 is 1.81 bits per heavy atom. The number of likely N-dealkylation sites (tertiary alicyclic amines) is 1. The number of benzene rings is 2. The van der Waals surface area contributed by atoms with Crippen molar-refractivity contribution in [3.05, 3.63) is 65.2 Å². The number of rotatable bonds is 5. The Balaban J connectivity index is 1.63. The van der Waals surface area contributed by atoms with Gasteiger partial charge in [-0.1, -0.05) is 24.3 Å². The van der Waals surface area contributed by atoms with E-state index >= 15 is 0 Å². The van der Waals surface area contributed by atoms with E-state index in [0.29, 0.717) is 43.8 Å². The number of methoxy groups -OCH3 is 1. The summed E-state index contributed by atoms with van der Waals surface area (Å²) in [6, 6.07) is 10.9. The van der Waals surface area contributed by atoms with Crippen LogP contribution < -0.4 is 4.74 Å². The van der Waals surface area contributed by atoms with Gasteiger partial charge in [0.25, 0.3) is 0 Å². The van der Waals surface area contributed by atoms with E-state index in [2.05, 4.69) is 0 Å². The lowest BCUT2D eigenvalue weighted by Crippen LogP contribution is -2.44. The molecule has 26 heavy (non-hydrogen) atoms. The van der Waals surface area contributed by atoms with Crippen LogP contribution in [0.25, 0.3) is 0 Å². The van der Waals surface area contributed by atoms with E-state index in [9.17, 15) is 19.0 Å². The first-order valence-electron chi connectivity index (χ1n) is 8.64. The van der Waals surface area contributed by atoms with Gasteiger partial charge in [-0.2, -0.15) is 0 Å². The molecule has 0 spiro atoms. The van der Waals surface area contributed by atoms with Crippen LogP contribution in [0, 0.1) is 11.6 Å². The predicted molar refractivity (Wildman–Crippen MR) is 93.9 cm³/mol. The fourth-order valence-corrected chi connectivity index (χ4v) is 3.47. The Bertz CT molecular complexity index is 760. The lowest BCUT2D eigenvalue weighted by Gasteiger charge is -2.39. The first-order valence-corrected chi connectivity index (χ1v) is 8.64. The molecule has 2 aromatic carbocycles. The van der Waals surface area contributed by atoms with E-state index in [1.165, 1.54) is 6.07 Å². The summed E-state index contributed by atoms with van der Waals surface area (Å²) in [4.78, 5) is 2.01. The zero-order chi connectivity index (χ0) is 18.7. The lowest BCUT2D eigenvalue weighted by molar-refractivity contribution is -0.0358. The van der Waals surface area contributed by atoms with Crippen molar-refractivity contribution in [3.63, 3.8) is 0 Å². The number of β-amino-alcohol motifs (C(OH)–C–C–N with tert-alkyl or cyclic N) is 1. The highest BCUT2D eigenvalue weighted by molar-refractivity contribution is 5.38. The van der Waals surface area contributed by atoms with Gasteiger partial charge < -0.3 is 19.8 Å². The van der Waals surface area contributed by atoms with Crippen LogP contribution in [0.3, 0.4) is 0 Å². The maximum absolute atomic E-state index is 13.3. The summed E-state index contributed by atoms with van der Waals surface area (Å²) >= 11 is 0. The van der Waals surface area contributed by atoms with Gasteiger partial charge in [0.05, 0.1) is 18.8 Å². The zero-order valence-corrected chi connectivity index (χ0v) is 14.7. The fraction of sp³-hybridized carbons (Fsp3) is 0.400. The van der Waals surface area contributed by atoms with Crippen molar-refractivity contribution >= 4 is 0 Å². The van der Waals surface area contributed by atoms with Crippen molar-refractivity contribution in [1.82, 2.24) is 4.90 Å². The maximum atomic E-state index is 13.3. The third kappa shape index (κ3) is 3.87. The van der Waals surface area contributed by atoms with Gasteiger partial charge >= 0.3 is 0 Å². The van der Waals surface area contributed by atoms with Gasteiger partial charge in [0.1, 0.15) is 5.75 Å². The average Bonchev–Trinajstić information content (AvgIpc) is 2.66. The molecule has 0 bridgehead atoms. The summed E-state index contributed by atoms with van der Waals surface area (Å²) in [6.07, 6.45) is 0.0815. The molecule has 4 nitrogen and oxygen atoms in total. The van der Waals surface area contributed by atoms with Crippen molar-refractivity contribution in [2.45, 2.75) is 24.5 Å². The maximum Gasteiger partial charge on any atom is 0.159 e. The molecule has 0 aromatic heterocycles. The minimum Gasteiger partial charge on any atom is -0.496 e. The first-order chi connectivity index (χ1) is 12.4. The monoisotopic (exact) mass is 363 g/mol. The van der Waals surface area contributed by atoms with Gasteiger partial charge in [0.2, 0.25) is 0 Å². The van der Waals surface area contributed by atoms with Crippen LogP contribution in [-0.2, 0) is 5.60 Å². The summed E-state index contributed by atoms with van der Waals surface area (Å²) in [5, 5.41) is 21.3. The number of halogens is 2. The molecule has 6 heteroatoms. The average molecular weight is 363 g/mol. The molecule has 2 aromatic rings. The van der Waals surface area contributed by atoms with Crippen LogP contribution in [-0.4, -0.2) is 41.9 Å². The quantitative estimate of drug-likeness (QED) is 0.858. The van der Waals surface area contributed by atoms with Crippen molar-refractivity contribution < 1.29 is 23.7 Å². The second-order valence-corrected chi connectivity index (χ2v) is 6.72. The summed E-state index contributed by atoms with van der Waals surface area (Å²) in [7, 11) is 1.58. The third-order valence-electron chi connectivity index (χ3n) is 5.05. The predicted octanol–water partition coefficient (Wildman–Crippen LogP) is 2.99. The number of aliphatic hydroxyl groups is 2. The molecular weight excluding hydrogens is 340 g/mol. The Morgan fingerprint density at radius 3 is 2.46 bits per heavy atom. The van der Waals surface area contributed by atoms with E-state index < -0.39 is 23.3 Å². The van der Waals surface area contributed by atoms with Gasteiger partial charge in [-0.15, -0.1) is 0 Å². The molecule has 0 radical (unpaired) electrons. The molecule has 0 amide bonds. The van der Waals surface area contributed by atoms with Crippen LogP contribution in [0.1, 0.15) is 30.1 Å². The number of hydrogen-bond donors (Lipinski definition) is 2. The second-order valence-electron chi connectivity index (χ2n) is 6.72. The molecule has 140 valence electrons. The van der Waals surface area contributed by atoms with Crippen molar-refractivity contribution in [3.8, 4) is 5.75 Å². The Hall–Kier alpha value is -2.02. The van der Waals surface area contributed by atoms with E-state index in [4.69, 9.17) is 4.74 Å². The molecule has 2 N–H and O–H groups in total. The van der Waals surface area contributed by atoms with Crippen LogP contribution in [0.2, 0.25) is 0 Å². The number of aliphatic hydroxyl groups excluding tert-OH is 1. The molecule has 0 aliphatic carbocycles. The molecule has 1 fully saturated rings. The number of para-hydroxylation sites is 1. The number of hydrogen-bond acceptors (Lipinski definition) is 4. The minimum absolute atomic E-state index is 0.299. The number of nitrogens with zero attached hydrogens (tertiary/aromatic N) is 1. The normalized spacial score (nSPS) is 18.5. The first kappa shape index (κ1) is 18.8. The summed E-state index contributed by atoms with van der Waals surface area (Å²) < 4.78 is 31.7. The summed E-state index contributed by atoms with van der Waals surface area (Å²) in [6.45, 7) is 1.46. The van der Waals surface area contributed by atoms with Crippen LogP contribution in [0.5, 0.6) is 5.75 Å². The fourth-order valence-electron chi connectivity index (χ4n) is 3.47. The van der Waals surface area contributed by atoms with E-state index in [0.717, 1.165) is 17.7 Å². The Labute approximate surface area is 151 Å². The molecule has 0 unspecified atom stereocenters. The highest BCUT2D eigenvalue weighted by Crippen LogP contribution is 2.38. The third-order valence-corrected chi connectivity index (χ3v) is 5.05. The van der Waals surface area contributed by atoms with Crippen LogP contribution in [0.15, 0.2) is 42.5 Å². The molecule has 0 saturated carbocycles. The number of ether oxygens (including phenoxy) is 1. The molecule has 1 saturated heterocycles. The van der Waals surface area contributed by atoms with Crippen molar-refractivity contribution in [2.75, 3.05) is 26.7 Å². The van der Waals surface area contributed by atoms with Crippen LogP contribution >= 0.6 is 0 Å². The second kappa shape index (κ2) is 7.70. The van der Waals surface area contributed by atoms with E-state index in [1.807, 2.05) is 29.2 Å². The van der Waals surface area contributed by atoms with Gasteiger partial charge in [-0.25, -0.2) is 8.78 Å². The SMILES string of the molecule is COc1ccccc1C1(O)CCN(C[C@@H](O)c2ccc(F)c(F)c2)CC1.